The molecule has 0 heterocycles. The molecule has 6 nitrogen and oxygen atoms in total. The van der Waals surface area contributed by atoms with Crippen molar-refractivity contribution in [1.29, 1.82) is 0 Å². The molecule has 0 aromatic heterocycles. The number of hydrogen-bond acceptors (Lipinski definition) is 6. The fraction of sp³-hybridized carbons (Fsp3) is 0.688. The van der Waals surface area contributed by atoms with Gasteiger partial charge in [-0.3, -0.25) is 14.4 Å². The van der Waals surface area contributed by atoms with Crippen LogP contribution in [0.5, 0.6) is 0 Å². The molecule has 308 valence electrons. The Labute approximate surface area is 332 Å². The Hall–Kier alpha value is -3.15. The van der Waals surface area contributed by atoms with Gasteiger partial charge in [0.05, 0.1) is 0 Å². The number of esters is 3. The summed E-state index contributed by atoms with van der Waals surface area (Å²) in [6.45, 7) is 6.35. The number of carbonyl (C=O) groups is 3. The lowest BCUT2D eigenvalue weighted by atomic mass is 10.0. The van der Waals surface area contributed by atoms with E-state index >= 15 is 0 Å². The summed E-state index contributed by atoms with van der Waals surface area (Å²) in [6.07, 6.45) is 51.9. The summed E-state index contributed by atoms with van der Waals surface area (Å²) < 4.78 is 16.6. The number of ether oxygens (including phenoxy) is 3. The van der Waals surface area contributed by atoms with Gasteiger partial charge in [0.15, 0.2) is 6.10 Å². The van der Waals surface area contributed by atoms with Crippen LogP contribution in [-0.2, 0) is 28.6 Å². The highest BCUT2D eigenvalue weighted by atomic mass is 16.6. The minimum atomic E-state index is -0.818. The number of unbranched alkanes of at least 4 members (excludes halogenated alkanes) is 19. The monoisotopic (exact) mass is 753 g/mol. The first-order valence-corrected chi connectivity index (χ1v) is 22.0. The van der Waals surface area contributed by atoms with Gasteiger partial charge >= 0.3 is 17.9 Å². The van der Waals surface area contributed by atoms with Gasteiger partial charge in [-0.05, 0) is 51.4 Å². The van der Waals surface area contributed by atoms with Gasteiger partial charge in [0.1, 0.15) is 13.2 Å². The van der Waals surface area contributed by atoms with Crippen LogP contribution < -0.4 is 0 Å². The number of carbonyl (C=O) groups excluding carboxylic acids is 3. The Kier molecular flexibility index (Phi) is 40.1. The van der Waals surface area contributed by atoms with E-state index in [2.05, 4.69) is 39.0 Å². The Morgan fingerprint density at radius 3 is 1.26 bits per heavy atom. The van der Waals surface area contributed by atoms with Gasteiger partial charge in [-0.2, -0.15) is 0 Å². The van der Waals surface area contributed by atoms with Crippen molar-refractivity contribution < 1.29 is 28.6 Å². The van der Waals surface area contributed by atoms with Gasteiger partial charge in [0.2, 0.25) is 0 Å². The summed E-state index contributed by atoms with van der Waals surface area (Å²) in [7, 11) is 0. The van der Waals surface area contributed by atoms with Crippen LogP contribution in [0.15, 0.2) is 72.9 Å². The fourth-order valence-corrected chi connectivity index (χ4v) is 5.77. The maximum atomic E-state index is 12.6. The van der Waals surface area contributed by atoms with E-state index in [1.807, 2.05) is 54.7 Å². The summed E-state index contributed by atoms with van der Waals surface area (Å²) >= 11 is 0. The highest BCUT2D eigenvalue weighted by Gasteiger charge is 2.19. The molecule has 1 unspecified atom stereocenters. The summed E-state index contributed by atoms with van der Waals surface area (Å²) in [5, 5.41) is 0. The summed E-state index contributed by atoms with van der Waals surface area (Å²) in [5.41, 5.74) is 0. The third-order valence-corrected chi connectivity index (χ3v) is 9.07. The second-order valence-corrected chi connectivity index (χ2v) is 14.3. The molecule has 0 saturated carbocycles. The maximum Gasteiger partial charge on any atom is 0.306 e. The Balaban J connectivity index is 4.50. The fourth-order valence-electron chi connectivity index (χ4n) is 5.77. The van der Waals surface area contributed by atoms with Gasteiger partial charge in [-0.1, -0.05) is 196 Å². The third-order valence-electron chi connectivity index (χ3n) is 9.07. The smallest absolute Gasteiger partial charge is 0.306 e. The van der Waals surface area contributed by atoms with Crippen LogP contribution in [0.1, 0.15) is 194 Å². The Bertz CT molecular complexity index is 1050. The predicted molar refractivity (Wildman–Crippen MR) is 228 cm³/mol. The molecule has 1 atom stereocenters. The molecular formula is C48H80O6. The van der Waals surface area contributed by atoms with Crippen molar-refractivity contribution in [2.24, 2.45) is 0 Å². The molecule has 0 aliphatic carbocycles. The van der Waals surface area contributed by atoms with Crippen LogP contribution in [0.3, 0.4) is 0 Å². The minimum Gasteiger partial charge on any atom is -0.462 e. The van der Waals surface area contributed by atoms with Crippen molar-refractivity contribution in [3.63, 3.8) is 0 Å². The maximum absolute atomic E-state index is 12.6. The van der Waals surface area contributed by atoms with E-state index in [-0.39, 0.29) is 37.5 Å². The molecule has 6 heteroatoms. The average molecular weight is 753 g/mol. The van der Waals surface area contributed by atoms with Crippen LogP contribution in [0, 0.1) is 0 Å². The molecule has 0 fully saturated rings. The van der Waals surface area contributed by atoms with Crippen LogP contribution in [0.2, 0.25) is 0 Å². The molecule has 0 aliphatic heterocycles. The van der Waals surface area contributed by atoms with E-state index in [9.17, 15) is 14.4 Å². The molecule has 0 spiro atoms. The van der Waals surface area contributed by atoms with Gasteiger partial charge in [0.25, 0.3) is 0 Å². The second-order valence-electron chi connectivity index (χ2n) is 14.3. The zero-order chi connectivity index (χ0) is 39.4. The molecular weight excluding hydrogens is 673 g/mol. The van der Waals surface area contributed by atoms with Crippen molar-refractivity contribution in [2.45, 2.75) is 200 Å². The largest absolute Gasteiger partial charge is 0.462 e. The third kappa shape index (κ3) is 40.0. The topological polar surface area (TPSA) is 78.9 Å². The summed E-state index contributed by atoms with van der Waals surface area (Å²) in [4.78, 5) is 37.6. The standard InChI is InChI=1S/C48H80O6/c1-4-7-10-13-16-19-21-23-25-26-29-32-35-38-41-47(50)53-44-45(43-52-46(49)40-37-34-31-28-18-15-12-9-6-3)54-48(51)42-39-36-33-30-27-24-22-20-17-14-11-8-5-2/h8,11,14,17,20,22,24,27-28,30-31,33,45H,4-7,9-10,12-13,15-16,18-19,21,23,25-26,29,32,34-44H2,1-3H3/b11-8-,17-14-,22-20-,27-24-,31-28-,33-30-. The number of allylic oxidation sites excluding steroid dienone is 12. The van der Waals surface area contributed by atoms with Crippen molar-refractivity contribution in [3.05, 3.63) is 72.9 Å². The van der Waals surface area contributed by atoms with E-state index in [0.29, 0.717) is 25.7 Å². The van der Waals surface area contributed by atoms with Crippen molar-refractivity contribution in [1.82, 2.24) is 0 Å². The molecule has 0 aromatic carbocycles. The first-order valence-electron chi connectivity index (χ1n) is 22.0. The number of rotatable bonds is 38. The Morgan fingerprint density at radius 2 is 0.759 bits per heavy atom. The van der Waals surface area contributed by atoms with Crippen LogP contribution >= 0.6 is 0 Å². The van der Waals surface area contributed by atoms with Gasteiger partial charge < -0.3 is 14.2 Å². The predicted octanol–water partition coefficient (Wildman–Crippen LogP) is 13.9. The van der Waals surface area contributed by atoms with Crippen LogP contribution in [0.25, 0.3) is 0 Å². The van der Waals surface area contributed by atoms with Crippen molar-refractivity contribution in [3.8, 4) is 0 Å². The van der Waals surface area contributed by atoms with E-state index in [1.54, 1.807) is 0 Å². The molecule has 0 saturated heterocycles. The van der Waals surface area contributed by atoms with Crippen LogP contribution in [-0.4, -0.2) is 37.2 Å². The molecule has 0 rings (SSSR count). The van der Waals surface area contributed by atoms with Gasteiger partial charge in [-0.15, -0.1) is 0 Å². The van der Waals surface area contributed by atoms with E-state index < -0.39 is 6.10 Å². The quantitative estimate of drug-likeness (QED) is 0.0205. The highest BCUT2D eigenvalue weighted by molar-refractivity contribution is 5.71. The summed E-state index contributed by atoms with van der Waals surface area (Å²) in [5.74, 6) is -1.03. The van der Waals surface area contributed by atoms with Gasteiger partial charge in [0, 0.05) is 19.3 Å². The zero-order valence-corrected chi connectivity index (χ0v) is 35.0. The van der Waals surface area contributed by atoms with E-state index in [0.717, 1.165) is 44.9 Å². The Morgan fingerprint density at radius 1 is 0.389 bits per heavy atom. The zero-order valence-electron chi connectivity index (χ0n) is 35.0. The molecule has 0 aliphatic rings. The van der Waals surface area contributed by atoms with Gasteiger partial charge in [-0.25, -0.2) is 0 Å². The average Bonchev–Trinajstić information content (AvgIpc) is 3.17. The lowest BCUT2D eigenvalue weighted by Gasteiger charge is -2.18. The molecule has 0 amide bonds. The molecule has 0 aromatic rings. The first kappa shape index (κ1) is 50.9. The lowest BCUT2D eigenvalue weighted by Crippen LogP contribution is -2.30. The first-order chi connectivity index (χ1) is 26.5. The van der Waals surface area contributed by atoms with E-state index in [1.165, 1.54) is 96.3 Å². The molecule has 54 heavy (non-hydrogen) atoms. The second kappa shape index (κ2) is 42.6. The molecule has 0 radical (unpaired) electrons. The molecule has 0 N–H and O–H groups in total. The van der Waals surface area contributed by atoms with Crippen LogP contribution in [0.4, 0.5) is 0 Å². The summed E-state index contributed by atoms with van der Waals surface area (Å²) in [6, 6.07) is 0. The number of hydrogen-bond donors (Lipinski definition) is 0. The highest BCUT2D eigenvalue weighted by Crippen LogP contribution is 2.14. The van der Waals surface area contributed by atoms with E-state index in [4.69, 9.17) is 14.2 Å². The SMILES string of the molecule is CC\C=C/C=C\C=C/C=C\C=C/CCCC(=O)OC(COC(=O)CCC/C=C\CCCCCC)COC(=O)CCCCCCCCCCCCCCCC. The lowest BCUT2D eigenvalue weighted by molar-refractivity contribution is -0.167. The van der Waals surface area contributed by atoms with Crippen molar-refractivity contribution >= 4 is 17.9 Å². The molecule has 0 bridgehead atoms. The minimum absolute atomic E-state index is 0.112. The normalized spacial score (nSPS) is 12.7. The van der Waals surface area contributed by atoms with Crippen molar-refractivity contribution in [2.75, 3.05) is 13.2 Å².